The molecule has 4 nitrogen and oxygen atoms in total. The third kappa shape index (κ3) is 3.38. The average Bonchev–Trinajstić information content (AvgIpc) is 2.88. The fourth-order valence-corrected chi connectivity index (χ4v) is 2.57. The molecule has 0 saturated heterocycles. The molecule has 23 heavy (non-hydrogen) atoms. The first kappa shape index (κ1) is 15.6. The zero-order valence-electron chi connectivity index (χ0n) is 12.0. The molecule has 0 saturated carbocycles. The SMILES string of the molecule is COc1cccc(/C=C2/N=C(c3ccc(Cl)cc3Cl)OC2=O)c1. The lowest BCUT2D eigenvalue weighted by Crippen LogP contribution is -2.05. The van der Waals surface area contributed by atoms with Crippen molar-refractivity contribution in [3.05, 3.63) is 69.3 Å². The maximum atomic E-state index is 12.0. The molecule has 0 radical (unpaired) electrons. The van der Waals surface area contributed by atoms with Crippen molar-refractivity contribution in [3.8, 4) is 5.75 Å². The number of nitrogens with zero attached hydrogens (tertiary/aromatic N) is 1. The Morgan fingerprint density at radius 3 is 2.74 bits per heavy atom. The number of hydrogen-bond donors (Lipinski definition) is 0. The van der Waals surface area contributed by atoms with Gasteiger partial charge in [0, 0.05) is 5.02 Å². The molecule has 1 heterocycles. The minimum atomic E-state index is -0.533. The first-order valence-electron chi connectivity index (χ1n) is 6.69. The van der Waals surface area contributed by atoms with E-state index < -0.39 is 5.97 Å². The Kier molecular flexibility index (Phi) is 4.37. The largest absolute Gasteiger partial charge is 0.497 e. The highest BCUT2D eigenvalue weighted by Gasteiger charge is 2.25. The summed E-state index contributed by atoms with van der Waals surface area (Å²) < 4.78 is 10.3. The summed E-state index contributed by atoms with van der Waals surface area (Å²) in [4.78, 5) is 16.2. The molecule has 0 unspecified atom stereocenters. The van der Waals surface area contributed by atoms with Gasteiger partial charge >= 0.3 is 5.97 Å². The van der Waals surface area contributed by atoms with Crippen molar-refractivity contribution in [3.63, 3.8) is 0 Å². The van der Waals surface area contributed by atoms with E-state index >= 15 is 0 Å². The van der Waals surface area contributed by atoms with Crippen LogP contribution in [0.2, 0.25) is 10.0 Å². The van der Waals surface area contributed by atoms with Gasteiger partial charge in [0.25, 0.3) is 0 Å². The second-order valence-electron chi connectivity index (χ2n) is 4.74. The first-order valence-corrected chi connectivity index (χ1v) is 7.44. The summed E-state index contributed by atoms with van der Waals surface area (Å²) in [5, 5.41) is 0.863. The van der Waals surface area contributed by atoms with E-state index in [0.29, 0.717) is 21.4 Å². The molecule has 1 aliphatic heterocycles. The van der Waals surface area contributed by atoms with Crippen LogP contribution in [0.4, 0.5) is 0 Å². The van der Waals surface area contributed by atoms with Crippen molar-refractivity contribution in [2.75, 3.05) is 7.11 Å². The molecule has 3 rings (SSSR count). The molecule has 0 N–H and O–H groups in total. The van der Waals surface area contributed by atoms with Gasteiger partial charge in [-0.3, -0.25) is 0 Å². The molecular weight excluding hydrogens is 337 g/mol. The van der Waals surface area contributed by atoms with E-state index in [1.54, 1.807) is 37.5 Å². The Balaban J connectivity index is 1.96. The predicted molar refractivity (Wildman–Crippen MR) is 90.1 cm³/mol. The standard InChI is InChI=1S/C17H11Cl2NO3/c1-22-12-4-2-3-10(7-12)8-15-17(21)23-16(20-15)13-6-5-11(18)9-14(13)19/h2-9H,1H3/b15-8+. The van der Waals surface area contributed by atoms with E-state index in [0.717, 1.165) is 5.56 Å². The molecule has 0 bridgehead atoms. The third-order valence-electron chi connectivity index (χ3n) is 3.18. The number of benzene rings is 2. The van der Waals surface area contributed by atoms with Crippen LogP contribution in [0.5, 0.6) is 5.75 Å². The van der Waals surface area contributed by atoms with Crippen LogP contribution in [0.15, 0.2) is 53.2 Å². The van der Waals surface area contributed by atoms with Gasteiger partial charge in [-0.15, -0.1) is 0 Å². The van der Waals surface area contributed by atoms with Gasteiger partial charge in [0.1, 0.15) is 5.75 Å². The van der Waals surface area contributed by atoms with Crippen LogP contribution in [0.1, 0.15) is 11.1 Å². The van der Waals surface area contributed by atoms with Gasteiger partial charge in [0.2, 0.25) is 5.90 Å². The van der Waals surface area contributed by atoms with Crippen LogP contribution in [-0.4, -0.2) is 19.0 Å². The zero-order chi connectivity index (χ0) is 16.4. The normalized spacial score (nSPS) is 15.5. The number of esters is 1. The van der Waals surface area contributed by atoms with Crippen LogP contribution in [-0.2, 0) is 9.53 Å². The monoisotopic (exact) mass is 347 g/mol. The van der Waals surface area contributed by atoms with Crippen molar-refractivity contribution in [1.29, 1.82) is 0 Å². The third-order valence-corrected chi connectivity index (χ3v) is 3.73. The van der Waals surface area contributed by atoms with Gasteiger partial charge in [-0.2, -0.15) is 0 Å². The first-order chi connectivity index (χ1) is 11.1. The number of aliphatic imine (C=N–C) groups is 1. The number of methoxy groups -OCH3 is 1. The fourth-order valence-electron chi connectivity index (χ4n) is 2.08. The Morgan fingerprint density at radius 2 is 2.00 bits per heavy atom. The topological polar surface area (TPSA) is 47.9 Å². The molecule has 2 aromatic carbocycles. The summed E-state index contributed by atoms with van der Waals surface area (Å²) in [5.41, 5.74) is 1.49. The van der Waals surface area contributed by atoms with Crippen molar-refractivity contribution in [2.24, 2.45) is 4.99 Å². The molecule has 0 aromatic heterocycles. The molecule has 2 aromatic rings. The van der Waals surface area contributed by atoms with Crippen LogP contribution in [0.3, 0.4) is 0 Å². The molecule has 116 valence electrons. The van der Waals surface area contributed by atoms with E-state index in [1.807, 2.05) is 18.2 Å². The Morgan fingerprint density at radius 1 is 1.17 bits per heavy atom. The highest BCUT2D eigenvalue weighted by Crippen LogP contribution is 2.26. The molecular formula is C17H11Cl2NO3. The summed E-state index contributed by atoms with van der Waals surface area (Å²) in [6.07, 6.45) is 1.63. The van der Waals surface area contributed by atoms with Crippen molar-refractivity contribution < 1.29 is 14.3 Å². The van der Waals surface area contributed by atoms with Crippen LogP contribution < -0.4 is 4.74 Å². The highest BCUT2D eigenvalue weighted by atomic mass is 35.5. The van der Waals surface area contributed by atoms with Gasteiger partial charge in [0.15, 0.2) is 5.70 Å². The number of carbonyl (C=O) groups excluding carboxylic acids is 1. The van der Waals surface area contributed by atoms with Crippen LogP contribution in [0, 0.1) is 0 Å². The quantitative estimate of drug-likeness (QED) is 0.612. The highest BCUT2D eigenvalue weighted by molar-refractivity contribution is 6.37. The van der Waals surface area contributed by atoms with E-state index in [9.17, 15) is 4.79 Å². The molecule has 0 fully saturated rings. The second-order valence-corrected chi connectivity index (χ2v) is 5.58. The number of ether oxygens (including phenoxy) is 2. The summed E-state index contributed by atoms with van der Waals surface area (Å²) in [6, 6.07) is 12.2. The Labute approximate surface area is 143 Å². The lowest BCUT2D eigenvalue weighted by Gasteiger charge is -2.02. The van der Waals surface area contributed by atoms with Gasteiger partial charge in [-0.05, 0) is 42.0 Å². The summed E-state index contributed by atoms with van der Waals surface area (Å²) >= 11 is 12.0. The van der Waals surface area contributed by atoms with Gasteiger partial charge in [-0.25, -0.2) is 9.79 Å². The van der Waals surface area contributed by atoms with E-state index in [2.05, 4.69) is 4.99 Å². The molecule has 0 atom stereocenters. The molecule has 1 aliphatic rings. The number of halogens is 2. The van der Waals surface area contributed by atoms with E-state index in [1.165, 1.54) is 0 Å². The minimum Gasteiger partial charge on any atom is -0.497 e. The summed E-state index contributed by atoms with van der Waals surface area (Å²) in [7, 11) is 1.58. The van der Waals surface area contributed by atoms with Crippen molar-refractivity contribution in [2.45, 2.75) is 0 Å². The van der Waals surface area contributed by atoms with E-state index in [4.69, 9.17) is 32.7 Å². The van der Waals surface area contributed by atoms with E-state index in [-0.39, 0.29) is 11.6 Å². The average molecular weight is 348 g/mol. The summed E-state index contributed by atoms with van der Waals surface area (Å²) in [5.74, 6) is 0.315. The Hall–Kier alpha value is -2.30. The predicted octanol–water partition coefficient (Wildman–Crippen LogP) is 4.35. The lowest BCUT2D eigenvalue weighted by molar-refractivity contribution is -0.129. The van der Waals surface area contributed by atoms with Crippen molar-refractivity contribution in [1.82, 2.24) is 0 Å². The van der Waals surface area contributed by atoms with Gasteiger partial charge in [0.05, 0.1) is 17.7 Å². The minimum absolute atomic E-state index is 0.158. The molecule has 0 aliphatic carbocycles. The number of cyclic esters (lactones) is 1. The number of carbonyl (C=O) groups is 1. The zero-order valence-corrected chi connectivity index (χ0v) is 13.6. The summed E-state index contributed by atoms with van der Waals surface area (Å²) in [6.45, 7) is 0. The van der Waals surface area contributed by atoms with Crippen molar-refractivity contribution >= 4 is 41.1 Å². The number of hydrogen-bond acceptors (Lipinski definition) is 4. The Bertz CT molecular complexity index is 843. The maximum absolute atomic E-state index is 12.0. The molecule has 0 amide bonds. The van der Waals surface area contributed by atoms with Gasteiger partial charge < -0.3 is 9.47 Å². The second kappa shape index (κ2) is 6.44. The van der Waals surface area contributed by atoms with Crippen LogP contribution in [0.25, 0.3) is 6.08 Å². The lowest BCUT2D eigenvalue weighted by atomic mass is 10.2. The number of rotatable bonds is 3. The molecule has 0 spiro atoms. The molecule has 6 heteroatoms. The maximum Gasteiger partial charge on any atom is 0.363 e. The van der Waals surface area contributed by atoms with Crippen LogP contribution >= 0.6 is 23.2 Å². The van der Waals surface area contributed by atoms with Gasteiger partial charge in [-0.1, -0.05) is 35.3 Å². The fraction of sp³-hybridized carbons (Fsp3) is 0.0588. The smallest absolute Gasteiger partial charge is 0.363 e.